The second-order valence-electron chi connectivity index (χ2n) is 8.62. The van der Waals surface area contributed by atoms with Crippen LogP contribution in [0.15, 0.2) is 30.3 Å². The highest BCUT2D eigenvalue weighted by molar-refractivity contribution is 14.1. The number of rotatable bonds is 8. The molecule has 11 heteroatoms. The highest BCUT2D eigenvalue weighted by Gasteiger charge is 2.29. The monoisotopic (exact) mass is 638 g/mol. The molecule has 7 nitrogen and oxygen atoms in total. The van der Waals surface area contributed by atoms with E-state index in [1.54, 1.807) is 52.0 Å². The molecule has 2 amide bonds. The number of carbonyl (C=O) groups is 3. The van der Waals surface area contributed by atoms with Gasteiger partial charge in [0.15, 0.2) is 10.6 Å². The Kier molecular flexibility index (Phi) is 9.17. The van der Waals surface area contributed by atoms with Crippen LogP contribution in [-0.2, 0) is 9.84 Å². The highest BCUT2D eigenvalue weighted by atomic mass is 127. The van der Waals surface area contributed by atoms with Gasteiger partial charge >= 0.3 is 0 Å². The summed E-state index contributed by atoms with van der Waals surface area (Å²) in [7, 11) is -3.36. The average molecular weight is 639 g/mol. The Morgan fingerprint density at radius 2 is 1.65 bits per heavy atom. The van der Waals surface area contributed by atoms with Crippen LogP contribution in [0.4, 0.5) is 5.69 Å². The van der Waals surface area contributed by atoms with E-state index in [0.717, 1.165) is 6.26 Å². The molecule has 0 aliphatic carbocycles. The predicted octanol–water partition coefficient (Wildman–Crippen LogP) is 4.70. The summed E-state index contributed by atoms with van der Waals surface area (Å²) in [6.07, 6.45) is 1.09. The number of halogens is 3. The molecule has 2 aromatic rings. The number of aryl methyl sites for hydroxylation is 1. The maximum Gasteiger partial charge on any atom is 0.256 e. The van der Waals surface area contributed by atoms with Gasteiger partial charge in [-0.2, -0.15) is 0 Å². The summed E-state index contributed by atoms with van der Waals surface area (Å²) in [5, 5.41) is 5.51. The smallest absolute Gasteiger partial charge is 0.256 e. The third-order valence-electron chi connectivity index (χ3n) is 4.94. The van der Waals surface area contributed by atoms with Crippen molar-refractivity contribution in [3.8, 4) is 0 Å². The van der Waals surface area contributed by atoms with Crippen LogP contribution < -0.4 is 10.6 Å². The Morgan fingerprint density at radius 1 is 1.03 bits per heavy atom. The minimum atomic E-state index is -3.36. The van der Waals surface area contributed by atoms with E-state index >= 15 is 0 Å². The van der Waals surface area contributed by atoms with Crippen molar-refractivity contribution in [2.75, 3.05) is 17.3 Å². The first-order chi connectivity index (χ1) is 15.5. The predicted molar refractivity (Wildman–Crippen MR) is 144 cm³/mol. The van der Waals surface area contributed by atoms with E-state index in [1.165, 1.54) is 6.07 Å². The molecule has 0 saturated carbocycles. The molecular weight excluding hydrogens is 614 g/mol. The largest absolute Gasteiger partial charge is 0.346 e. The van der Waals surface area contributed by atoms with E-state index < -0.39 is 37.8 Å². The van der Waals surface area contributed by atoms with Gasteiger partial charge in [-0.05, 0) is 73.5 Å². The maximum absolute atomic E-state index is 13.3. The molecule has 0 fully saturated rings. The maximum atomic E-state index is 13.3. The first-order valence-corrected chi connectivity index (χ1v) is 14.1. The Labute approximate surface area is 223 Å². The van der Waals surface area contributed by atoms with Crippen LogP contribution in [0.1, 0.15) is 56.0 Å². The van der Waals surface area contributed by atoms with Crippen molar-refractivity contribution in [3.63, 3.8) is 0 Å². The minimum absolute atomic E-state index is 0.0997. The lowest BCUT2D eigenvalue weighted by Crippen LogP contribution is -2.48. The highest BCUT2D eigenvalue weighted by Crippen LogP contribution is 2.28. The Hall–Kier alpha value is -1.69. The molecule has 0 saturated heterocycles. The number of hydrogen-bond acceptors (Lipinski definition) is 5. The van der Waals surface area contributed by atoms with Gasteiger partial charge in [-0.3, -0.25) is 14.4 Å². The summed E-state index contributed by atoms with van der Waals surface area (Å²) >= 11 is 13.4. The molecule has 0 bridgehead atoms. The van der Waals surface area contributed by atoms with Crippen molar-refractivity contribution in [1.82, 2.24) is 5.32 Å². The summed E-state index contributed by atoms with van der Waals surface area (Å²) in [6, 6.07) is 8.08. The van der Waals surface area contributed by atoms with Gasteiger partial charge in [-0.1, -0.05) is 41.4 Å². The molecule has 0 unspecified atom stereocenters. The second kappa shape index (κ2) is 10.9. The fourth-order valence-corrected chi connectivity index (χ4v) is 5.97. The minimum Gasteiger partial charge on any atom is -0.346 e. The van der Waals surface area contributed by atoms with Gasteiger partial charge in [0.2, 0.25) is 0 Å². The van der Waals surface area contributed by atoms with Gasteiger partial charge in [0, 0.05) is 26.6 Å². The first kappa shape index (κ1) is 28.5. The zero-order valence-corrected chi connectivity index (χ0v) is 23.7. The van der Waals surface area contributed by atoms with E-state index in [2.05, 4.69) is 10.6 Å². The van der Waals surface area contributed by atoms with Crippen molar-refractivity contribution in [1.29, 1.82) is 0 Å². The number of sulfone groups is 1. The zero-order chi connectivity index (χ0) is 26.0. The van der Waals surface area contributed by atoms with Gasteiger partial charge in [-0.15, -0.1) is 0 Å². The number of amides is 2. The number of nitrogens with one attached hydrogen (secondary N) is 2. The summed E-state index contributed by atoms with van der Waals surface area (Å²) < 4.78 is 24.0. The molecule has 0 atom stereocenters. The summed E-state index contributed by atoms with van der Waals surface area (Å²) in [5.74, 6) is -1.89. The van der Waals surface area contributed by atoms with Gasteiger partial charge in [0.05, 0.1) is 16.9 Å². The average Bonchev–Trinajstić information content (AvgIpc) is 2.67. The van der Waals surface area contributed by atoms with Crippen molar-refractivity contribution < 1.29 is 22.8 Å². The van der Waals surface area contributed by atoms with E-state index in [9.17, 15) is 22.8 Å². The quantitative estimate of drug-likeness (QED) is 0.248. The summed E-state index contributed by atoms with van der Waals surface area (Å²) in [4.78, 5) is 37.5. The normalized spacial score (nSPS) is 11.9. The lowest BCUT2D eigenvalue weighted by molar-refractivity contribution is 0.0909. The standard InChI is InChI=1S/C23H25Cl2IN2O5S/c1-12-9-10-14(19(29)20(24)25)13(2)18(12)27-21(30)15-7-6-8-16(26)17(15)22(31)28-23(3,4)11-34(5,32)33/h6-10,20H,11H2,1-5H3,(H,27,30)(H,28,31). The molecule has 0 aliphatic heterocycles. The van der Waals surface area contributed by atoms with Crippen molar-refractivity contribution >= 4 is 78.9 Å². The third kappa shape index (κ3) is 7.16. The zero-order valence-electron chi connectivity index (χ0n) is 19.3. The van der Waals surface area contributed by atoms with Crippen LogP contribution in [0.2, 0.25) is 0 Å². The van der Waals surface area contributed by atoms with E-state index in [4.69, 9.17) is 23.2 Å². The summed E-state index contributed by atoms with van der Waals surface area (Å²) in [6.45, 7) is 6.63. The number of ketones is 1. The molecule has 0 aliphatic rings. The van der Waals surface area contributed by atoms with Gasteiger partial charge in [0.1, 0.15) is 9.84 Å². The number of alkyl halides is 2. The lowest BCUT2D eigenvalue weighted by Gasteiger charge is -2.26. The van der Waals surface area contributed by atoms with E-state index in [1.807, 2.05) is 22.6 Å². The molecule has 2 rings (SSSR count). The van der Waals surface area contributed by atoms with Crippen LogP contribution in [-0.4, -0.2) is 48.4 Å². The van der Waals surface area contributed by atoms with E-state index in [0.29, 0.717) is 20.4 Å². The van der Waals surface area contributed by atoms with Crippen molar-refractivity contribution in [2.45, 2.75) is 38.1 Å². The molecule has 184 valence electrons. The van der Waals surface area contributed by atoms with Crippen molar-refractivity contribution in [3.05, 3.63) is 61.7 Å². The topological polar surface area (TPSA) is 109 Å². The Balaban J connectivity index is 2.45. The SMILES string of the molecule is Cc1ccc(C(=O)C(Cl)Cl)c(C)c1NC(=O)c1cccc(I)c1C(=O)NC(C)(C)CS(C)(=O)=O. The Bertz CT molecular complexity index is 1260. The number of carbonyl (C=O) groups excluding carboxylic acids is 3. The van der Waals surface area contributed by atoms with Gasteiger partial charge in [0.25, 0.3) is 11.8 Å². The lowest BCUT2D eigenvalue weighted by atomic mass is 9.99. The Morgan fingerprint density at radius 3 is 2.21 bits per heavy atom. The fraction of sp³-hybridized carbons (Fsp3) is 0.348. The molecule has 0 aromatic heterocycles. The second-order valence-corrected chi connectivity index (χ2v) is 13.0. The van der Waals surface area contributed by atoms with E-state index in [-0.39, 0.29) is 22.4 Å². The van der Waals surface area contributed by atoms with Crippen LogP contribution >= 0.6 is 45.8 Å². The van der Waals surface area contributed by atoms with Crippen molar-refractivity contribution in [2.24, 2.45) is 0 Å². The molecule has 2 N–H and O–H groups in total. The van der Waals surface area contributed by atoms with Gasteiger partial charge < -0.3 is 10.6 Å². The number of benzene rings is 2. The van der Waals surface area contributed by atoms with Crippen LogP contribution in [0.25, 0.3) is 0 Å². The van der Waals surface area contributed by atoms with Crippen LogP contribution in [0.5, 0.6) is 0 Å². The number of hydrogen-bond donors (Lipinski definition) is 2. The molecule has 0 radical (unpaired) electrons. The molecule has 2 aromatic carbocycles. The third-order valence-corrected chi connectivity index (χ3v) is 7.48. The van der Waals surface area contributed by atoms with Crippen LogP contribution in [0, 0.1) is 17.4 Å². The summed E-state index contributed by atoms with van der Waals surface area (Å²) in [5.41, 5.74) is 1.05. The molecule has 34 heavy (non-hydrogen) atoms. The first-order valence-electron chi connectivity index (χ1n) is 10.1. The number of Topliss-reactive ketones (excluding diaryl/α,β-unsaturated/α-hetero) is 1. The molecule has 0 spiro atoms. The molecular formula is C23H25Cl2IN2O5S. The number of anilines is 1. The fourth-order valence-electron chi connectivity index (χ4n) is 3.61. The molecule has 0 heterocycles. The van der Waals surface area contributed by atoms with Crippen LogP contribution in [0.3, 0.4) is 0 Å². The van der Waals surface area contributed by atoms with Gasteiger partial charge in [-0.25, -0.2) is 8.42 Å².